The molecule has 6 nitrogen and oxygen atoms in total. The van der Waals surface area contributed by atoms with Gasteiger partial charge in [-0.1, -0.05) is 6.42 Å². The van der Waals surface area contributed by atoms with Gasteiger partial charge >= 0.3 is 5.88 Å². The maximum atomic E-state index is 11.8. The fourth-order valence-electron chi connectivity index (χ4n) is 2.20. The third kappa shape index (κ3) is 2.64. The van der Waals surface area contributed by atoms with Gasteiger partial charge in [0.2, 0.25) is 0 Å². The Morgan fingerprint density at radius 2 is 2.33 bits per heavy atom. The van der Waals surface area contributed by atoms with Gasteiger partial charge in [0.15, 0.2) is 5.76 Å². The van der Waals surface area contributed by atoms with Crippen LogP contribution in [-0.2, 0) is 0 Å². The molecule has 1 amide bonds. The average Bonchev–Trinajstić information content (AvgIpc) is 2.96. The summed E-state index contributed by atoms with van der Waals surface area (Å²) < 4.78 is 4.84. The van der Waals surface area contributed by atoms with E-state index in [4.69, 9.17) is 16.0 Å². The molecule has 1 fully saturated rings. The molecule has 7 heteroatoms. The van der Waals surface area contributed by atoms with Crippen molar-refractivity contribution >= 4 is 23.4 Å². The summed E-state index contributed by atoms with van der Waals surface area (Å²) in [5.74, 6) is -0.128. The quantitative estimate of drug-likeness (QED) is 0.518. The summed E-state index contributed by atoms with van der Waals surface area (Å²) in [5, 5.41) is 13.3. The molecule has 18 heavy (non-hydrogen) atoms. The number of nitrogens with one attached hydrogen (secondary N) is 1. The van der Waals surface area contributed by atoms with E-state index >= 15 is 0 Å². The van der Waals surface area contributed by atoms with Gasteiger partial charge < -0.3 is 9.73 Å². The molecule has 1 aromatic rings. The lowest BCUT2D eigenvalue weighted by Gasteiger charge is -2.17. The molecular weight excluding hydrogens is 260 g/mol. The molecule has 0 radical (unpaired) electrons. The molecule has 1 aromatic heterocycles. The standard InChI is InChI=1S/C11H13ClN2O4/c12-6-7-2-1-3-8(7)13-11(15)9-4-5-10(18-9)14(16)17/h4-5,7-8H,1-3,6H2,(H,13,15). The monoisotopic (exact) mass is 272 g/mol. The second kappa shape index (κ2) is 5.39. The molecule has 0 bridgehead atoms. The SMILES string of the molecule is O=C(NC1CCCC1CCl)c1ccc([N+](=O)[O-])o1. The molecule has 0 spiro atoms. The van der Waals surface area contributed by atoms with Crippen LogP contribution in [0.4, 0.5) is 5.88 Å². The normalized spacial score (nSPS) is 22.9. The highest BCUT2D eigenvalue weighted by molar-refractivity contribution is 6.18. The number of hydrogen-bond acceptors (Lipinski definition) is 4. The van der Waals surface area contributed by atoms with Crippen molar-refractivity contribution < 1.29 is 14.1 Å². The second-order valence-corrected chi connectivity index (χ2v) is 4.63. The number of rotatable bonds is 4. The van der Waals surface area contributed by atoms with E-state index in [1.54, 1.807) is 0 Å². The second-order valence-electron chi connectivity index (χ2n) is 4.32. The molecule has 1 N–H and O–H groups in total. The zero-order chi connectivity index (χ0) is 13.1. The number of hydrogen-bond donors (Lipinski definition) is 1. The number of carbonyl (C=O) groups is 1. The average molecular weight is 273 g/mol. The van der Waals surface area contributed by atoms with Crippen LogP contribution in [0, 0.1) is 16.0 Å². The summed E-state index contributed by atoms with van der Waals surface area (Å²) in [7, 11) is 0. The minimum Gasteiger partial charge on any atom is -0.395 e. The Morgan fingerprint density at radius 1 is 1.56 bits per heavy atom. The lowest BCUT2D eigenvalue weighted by atomic mass is 10.1. The van der Waals surface area contributed by atoms with Crippen LogP contribution in [0.5, 0.6) is 0 Å². The Bertz CT molecular complexity index is 460. The summed E-state index contributed by atoms with van der Waals surface area (Å²) in [6.45, 7) is 0. The van der Waals surface area contributed by atoms with Gasteiger partial charge in [-0.25, -0.2) is 0 Å². The Balaban J connectivity index is 2.00. The molecular formula is C11H13ClN2O4. The molecule has 1 saturated carbocycles. The third-order valence-corrected chi connectivity index (χ3v) is 3.57. The molecule has 1 aliphatic rings. The Morgan fingerprint density at radius 3 is 2.94 bits per heavy atom. The molecule has 0 aliphatic heterocycles. The van der Waals surface area contributed by atoms with Crippen molar-refractivity contribution in [3.05, 3.63) is 28.0 Å². The molecule has 0 saturated heterocycles. The van der Waals surface area contributed by atoms with Gasteiger partial charge in [0.1, 0.15) is 4.92 Å². The maximum Gasteiger partial charge on any atom is 0.433 e. The zero-order valence-electron chi connectivity index (χ0n) is 9.60. The lowest BCUT2D eigenvalue weighted by Crippen LogP contribution is -2.37. The number of furan rings is 1. The van der Waals surface area contributed by atoms with E-state index in [-0.39, 0.29) is 17.7 Å². The Kier molecular flexibility index (Phi) is 3.86. The van der Waals surface area contributed by atoms with Gasteiger partial charge in [0.05, 0.1) is 6.07 Å². The lowest BCUT2D eigenvalue weighted by molar-refractivity contribution is -0.402. The number of carbonyl (C=O) groups excluding carboxylic acids is 1. The van der Waals surface area contributed by atoms with Crippen LogP contribution in [0.15, 0.2) is 16.5 Å². The van der Waals surface area contributed by atoms with E-state index in [9.17, 15) is 14.9 Å². The molecule has 0 aromatic carbocycles. The number of alkyl halides is 1. The van der Waals surface area contributed by atoms with E-state index in [1.807, 2.05) is 0 Å². The highest BCUT2D eigenvalue weighted by Gasteiger charge is 2.29. The largest absolute Gasteiger partial charge is 0.433 e. The fraction of sp³-hybridized carbons (Fsp3) is 0.545. The number of amides is 1. The number of nitrogens with zero attached hydrogens (tertiary/aromatic N) is 1. The third-order valence-electron chi connectivity index (χ3n) is 3.17. The van der Waals surface area contributed by atoms with Crippen molar-refractivity contribution in [3.63, 3.8) is 0 Å². The minimum atomic E-state index is -0.673. The van der Waals surface area contributed by atoms with Crippen LogP contribution in [0.25, 0.3) is 0 Å². The smallest absolute Gasteiger partial charge is 0.395 e. The van der Waals surface area contributed by atoms with Gasteiger partial charge in [-0.05, 0) is 24.8 Å². The van der Waals surface area contributed by atoms with Crippen LogP contribution in [0.2, 0.25) is 0 Å². The number of halogens is 1. The van der Waals surface area contributed by atoms with Crippen molar-refractivity contribution in [2.24, 2.45) is 5.92 Å². The fourth-order valence-corrected chi connectivity index (χ4v) is 2.57. The predicted molar refractivity (Wildman–Crippen MR) is 64.7 cm³/mol. The van der Waals surface area contributed by atoms with Gasteiger partial charge in [0.25, 0.3) is 5.91 Å². The summed E-state index contributed by atoms with van der Waals surface area (Å²) in [5.41, 5.74) is 0. The first-order chi connectivity index (χ1) is 8.61. The predicted octanol–water partition coefficient (Wildman–Crippen LogP) is 2.33. The maximum absolute atomic E-state index is 11.8. The molecule has 2 rings (SSSR count). The van der Waals surface area contributed by atoms with E-state index in [0.717, 1.165) is 19.3 Å². The van der Waals surface area contributed by atoms with Crippen LogP contribution in [0.1, 0.15) is 29.8 Å². The van der Waals surface area contributed by atoms with Crippen molar-refractivity contribution in [3.8, 4) is 0 Å². The van der Waals surface area contributed by atoms with E-state index in [0.29, 0.717) is 5.88 Å². The van der Waals surface area contributed by atoms with Crippen molar-refractivity contribution in [2.45, 2.75) is 25.3 Å². The Labute approximate surface area is 108 Å². The van der Waals surface area contributed by atoms with Crippen molar-refractivity contribution in [2.75, 3.05) is 5.88 Å². The van der Waals surface area contributed by atoms with Crippen LogP contribution in [0.3, 0.4) is 0 Å². The van der Waals surface area contributed by atoms with Gasteiger partial charge in [0, 0.05) is 11.9 Å². The first-order valence-corrected chi connectivity index (χ1v) is 6.26. The molecule has 1 aliphatic carbocycles. The van der Waals surface area contributed by atoms with Crippen LogP contribution >= 0.6 is 11.6 Å². The molecule has 1 heterocycles. The number of nitro groups is 1. The zero-order valence-corrected chi connectivity index (χ0v) is 10.4. The first kappa shape index (κ1) is 12.9. The highest BCUT2D eigenvalue weighted by Crippen LogP contribution is 2.27. The van der Waals surface area contributed by atoms with E-state index in [2.05, 4.69) is 5.32 Å². The molecule has 98 valence electrons. The molecule has 2 unspecified atom stereocenters. The summed E-state index contributed by atoms with van der Waals surface area (Å²) >= 11 is 5.81. The van der Waals surface area contributed by atoms with Crippen molar-refractivity contribution in [1.82, 2.24) is 5.32 Å². The highest BCUT2D eigenvalue weighted by atomic mass is 35.5. The van der Waals surface area contributed by atoms with E-state index < -0.39 is 16.7 Å². The first-order valence-electron chi connectivity index (χ1n) is 5.73. The minimum absolute atomic E-state index is 0.0270. The van der Waals surface area contributed by atoms with Gasteiger partial charge in [-0.3, -0.25) is 14.9 Å². The summed E-state index contributed by atoms with van der Waals surface area (Å²) in [4.78, 5) is 21.6. The van der Waals surface area contributed by atoms with E-state index in [1.165, 1.54) is 12.1 Å². The van der Waals surface area contributed by atoms with Crippen molar-refractivity contribution in [1.29, 1.82) is 0 Å². The summed E-state index contributed by atoms with van der Waals surface area (Å²) in [6.07, 6.45) is 2.90. The Hall–Kier alpha value is -1.56. The summed E-state index contributed by atoms with van der Waals surface area (Å²) in [6, 6.07) is 2.50. The van der Waals surface area contributed by atoms with Crippen LogP contribution < -0.4 is 5.32 Å². The topological polar surface area (TPSA) is 85.4 Å². The van der Waals surface area contributed by atoms with Gasteiger partial charge in [-0.2, -0.15) is 0 Å². The molecule has 2 atom stereocenters. The van der Waals surface area contributed by atoms with Gasteiger partial charge in [-0.15, -0.1) is 11.6 Å². The van der Waals surface area contributed by atoms with Crippen LogP contribution in [-0.4, -0.2) is 22.8 Å².